The van der Waals surface area contributed by atoms with Crippen LogP contribution in [-0.4, -0.2) is 73.5 Å². The normalized spacial score (nSPS) is 49.5. The summed E-state index contributed by atoms with van der Waals surface area (Å²) in [5, 5.41) is 10.2. The molecule has 0 radical (unpaired) electrons. The van der Waals surface area contributed by atoms with Gasteiger partial charge in [-0.05, 0) is 0 Å². The van der Waals surface area contributed by atoms with Crippen LogP contribution in [0.15, 0.2) is 0 Å². The molecule has 0 aliphatic carbocycles. The first kappa shape index (κ1) is 10.9. The van der Waals surface area contributed by atoms with Crippen LogP contribution in [0.2, 0.25) is 0 Å². The number of aliphatic hydroxyl groups excluding tert-OH is 1. The molecule has 92 valence electrons. The third-order valence-corrected chi connectivity index (χ3v) is 3.65. The van der Waals surface area contributed by atoms with Gasteiger partial charge in [-0.3, -0.25) is 4.90 Å². The molecule has 16 heavy (non-hydrogen) atoms. The van der Waals surface area contributed by atoms with Crippen LogP contribution in [-0.2, 0) is 14.2 Å². The van der Waals surface area contributed by atoms with E-state index in [1.54, 1.807) is 0 Å². The van der Waals surface area contributed by atoms with Crippen LogP contribution in [0.4, 0.5) is 0 Å². The highest BCUT2D eigenvalue weighted by molar-refractivity contribution is 5.00. The fraction of sp³-hybridized carbons (Fsp3) is 1.00. The van der Waals surface area contributed by atoms with Gasteiger partial charge in [-0.1, -0.05) is 0 Å². The van der Waals surface area contributed by atoms with E-state index in [-0.39, 0.29) is 24.5 Å². The van der Waals surface area contributed by atoms with Gasteiger partial charge in [0.2, 0.25) is 0 Å². The zero-order valence-electron chi connectivity index (χ0n) is 9.12. The molecule has 0 aromatic carbocycles. The minimum absolute atomic E-state index is 0.155. The molecule has 6 nitrogen and oxygen atoms in total. The van der Waals surface area contributed by atoms with Crippen LogP contribution in [0, 0.1) is 0 Å². The second-order valence-electron chi connectivity index (χ2n) is 4.58. The Kier molecular flexibility index (Phi) is 2.87. The lowest BCUT2D eigenvalue weighted by molar-refractivity contribution is -0.186. The summed E-state index contributed by atoms with van der Waals surface area (Å²) in [5.41, 5.74) is 5.94. The van der Waals surface area contributed by atoms with Crippen LogP contribution in [0.3, 0.4) is 0 Å². The molecule has 3 aliphatic rings. The summed E-state index contributed by atoms with van der Waals surface area (Å²) >= 11 is 0. The zero-order chi connectivity index (χ0) is 11.1. The Bertz CT molecular complexity index is 259. The first-order valence-electron chi connectivity index (χ1n) is 5.80. The number of aliphatic hydroxyl groups is 1. The second kappa shape index (κ2) is 4.21. The van der Waals surface area contributed by atoms with Crippen molar-refractivity contribution in [1.29, 1.82) is 0 Å². The van der Waals surface area contributed by atoms with Crippen LogP contribution < -0.4 is 5.73 Å². The van der Waals surface area contributed by atoms with E-state index in [2.05, 4.69) is 4.90 Å². The van der Waals surface area contributed by atoms with Crippen LogP contribution in [0.1, 0.15) is 0 Å². The molecule has 0 spiro atoms. The van der Waals surface area contributed by atoms with Gasteiger partial charge in [0.1, 0.15) is 6.10 Å². The number of hydrogen-bond acceptors (Lipinski definition) is 6. The van der Waals surface area contributed by atoms with Crippen molar-refractivity contribution < 1.29 is 19.3 Å². The van der Waals surface area contributed by atoms with E-state index in [4.69, 9.17) is 19.9 Å². The van der Waals surface area contributed by atoms with Crippen molar-refractivity contribution in [3.05, 3.63) is 0 Å². The smallest absolute Gasteiger partial charge is 0.176 e. The molecule has 2 bridgehead atoms. The van der Waals surface area contributed by atoms with Gasteiger partial charge in [0.05, 0.1) is 38.0 Å². The number of rotatable bonds is 1. The van der Waals surface area contributed by atoms with E-state index in [0.29, 0.717) is 19.8 Å². The van der Waals surface area contributed by atoms with Gasteiger partial charge in [-0.15, -0.1) is 0 Å². The van der Waals surface area contributed by atoms with Gasteiger partial charge in [0.25, 0.3) is 0 Å². The first-order chi connectivity index (χ1) is 7.77. The summed E-state index contributed by atoms with van der Waals surface area (Å²) in [6.45, 7) is 3.46. The fourth-order valence-electron chi connectivity index (χ4n) is 2.69. The maximum absolute atomic E-state index is 10.2. The van der Waals surface area contributed by atoms with E-state index in [0.717, 1.165) is 13.1 Å². The van der Waals surface area contributed by atoms with Crippen molar-refractivity contribution in [3.63, 3.8) is 0 Å². The Balaban J connectivity index is 1.76. The SMILES string of the molecule is NC1C2COC(O2)C(N2CCOCC2)C1O. The monoisotopic (exact) mass is 230 g/mol. The van der Waals surface area contributed by atoms with Crippen LogP contribution in [0.25, 0.3) is 0 Å². The van der Waals surface area contributed by atoms with Crippen molar-refractivity contribution in [1.82, 2.24) is 4.90 Å². The molecule has 3 fully saturated rings. The first-order valence-corrected chi connectivity index (χ1v) is 5.80. The Labute approximate surface area is 94.2 Å². The quantitative estimate of drug-likeness (QED) is 0.549. The van der Waals surface area contributed by atoms with Crippen molar-refractivity contribution in [2.75, 3.05) is 32.9 Å². The molecular formula is C10H18N2O4. The van der Waals surface area contributed by atoms with Gasteiger partial charge in [-0.25, -0.2) is 0 Å². The Morgan fingerprint density at radius 2 is 2.00 bits per heavy atom. The highest BCUT2D eigenvalue weighted by atomic mass is 16.7. The lowest BCUT2D eigenvalue weighted by atomic mass is 9.95. The number of nitrogens with zero attached hydrogens (tertiary/aromatic N) is 1. The molecule has 0 aromatic heterocycles. The summed E-state index contributed by atoms with van der Waals surface area (Å²) in [4.78, 5) is 2.15. The predicted molar refractivity (Wildman–Crippen MR) is 54.8 cm³/mol. The summed E-state index contributed by atoms with van der Waals surface area (Å²) in [6, 6.07) is -0.510. The predicted octanol–water partition coefficient (Wildman–Crippen LogP) is -1.87. The molecule has 3 rings (SSSR count). The molecule has 3 heterocycles. The van der Waals surface area contributed by atoms with E-state index in [1.807, 2.05) is 0 Å². The standard InChI is InChI=1S/C10H18N2O4/c11-7-6-5-15-10(16-6)8(9(7)13)12-1-3-14-4-2-12/h6-10,13H,1-5,11H2. The topological polar surface area (TPSA) is 77.2 Å². The summed E-state index contributed by atoms with van der Waals surface area (Å²) < 4.78 is 16.5. The van der Waals surface area contributed by atoms with E-state index in [1.165, 1.54) is 0 Å². The van der Waals surface area contributed by atoms with Gasteiger partial charge < -0.3 is 25.1 Å². The maximum Gasteiger partial charge on any atom is 0.176 e. The van der Waals surface area contributed by atoms with Gasteiger partial charge in [0, 0.05) is 13.1 Å². The summed E-state index contributed by atoms with van der Waals surface area (Å²) in [6.07, 6.45) is -1.07. The Morgan fingerprint density at radius 1 is 1.25 bits per heavy atom. The molecule has 5 unspecified atom stereocenters. The fourth-order valence-corrected chi connectivity index (χ4v) is 2.69. The number of fused-ring (bicyclic) bond motifs is 2. The summed E-state index contributed by atoms with van der Waals surface area (Å²) in [7, 11) is 0. The van der Waals surface area contributed by atoms with E-state index < -0.39 is 6.10 Å². The zero-order valence-corrected chi connectivity index (χ0v) is 9.12. The number of ether oxygens (including phenoxy) is 3. The highest BCUT2D eigenvalue weighted by Crippen LogP contribution is 2.30. The van der Waals surface area contributed by atoms with Crippen molar-refractivity contribution in [3.8, 4) is 0 Å². The number of morpholine rings is 1. The van der Waals surface area contributed by atoms with Crippen molar-refractivity contribution in [2.45, 2.75) is 30.6 Å². The molecule has 3 saturated heterocycles. The van der Waals surface area contributed by atoms with Gasteiger partial charge in [0.15, 0.2) is 6.29 Å². The molecule has 0 aromatic rings. The molecule has 5 atom stereocenters. The summed E-state index contributed by atoms with van der Waals surface area (Å²) in [5.74, 6) is 0. The second-order valence-corrected chi connectivity index (χ2v) is 4.58. The lowest BCUT2D eigenvalue weighted by Crippen LogP contribution is -2.64. The number of hydrogen-bond donors (Lipinski definition) is 2. The average Bonchev–Trinajstić information content (AvgIpc) is 2.74. The average molecular weight is 230 g/mol. The third-order valence-electron chi connectivity index (χ3n) is 3.65. The minimum Gasteiger partial charge on any atom is -0.390 e. The lowest BCUT2D eigenvalue weighted by Gasteiger charge is -2.43. The van der Waals surface area contributed by atoms with Gasteiger partial charge in [-0.2, -0.15) is 0 Å². The molecule has 3 N–H and O–H groups in total. The van der Waals surface area contributed by atoms with E-state index in [9.17, 15) is 5.11 Å². The number of nitrogens with two attached hydrogens (primary N) is 1. The highest BCUT2D eigenvalue weighted by Gasteiger charge is 2.50. The third kappa shape index (κ3) is 1.66. The maximum atomic E-state index is 10.2. The molecule has 0 amide bonds. The molecule has 0 saturated carbocycles. The minimum atomic E-state index is -0.579. The van der Waals surface area contributed by atoms with E-state index >= 15 is 0 Å². The molecular weight excluding hydrogens is 212 g/mol. The van der Waals surface area contributed by atoms with Gasteiger partial charge >= 0.3 is 0 Å². The van der Waals surface area contributed by atoms with Crippen LogP contribution >= 0.6 is 0 Å². The van der Waals surface area contributed by atoms with Crippen LogP contribution in [0.5, 0.6) is 0 Å². The molecule has 6 heteroatoms. The van der Waals surface area contributed by atoms with Crippen molar-refractivity contribution in [2.24, 2.45) is 5.73 Å². The largest absolute Gasteiger partial charge is 0.390 e. The Morgan fingerprint density at radius 3 is 2.75 bits per heavy atom. The Hall–Kier alpha value is -0.240. The van der Waals surface area contributed by atoms with Crippen molar-refractivity contribution >= 4 is 0 Å². The molecule has 3 aliphatic heterocycles.